The fourth-order valence-electron chi connectivity index (χ4n) is 13.4. The third-order valence-electron chi connectivity index (χ3n) is 20.5. The summed E-state index contributed by atoms with van der Waals surface area (Å²) in [6.45, 7) is 19.5. The van der Waals surface area contributed by atoms with E-state index in [4.69, 9.17) is 18.9 Å². The highest BCUT2D eigenvalue weighted by atomic mass is 16.7. The number of hydrogen-bond acceptors (Lipinski definition) is 22. The quantitative estimate of drug-likeness (QED) is 0.116. The summed E-state index contributed by atoms with van der Waals surface area (Å²) in [4.78, 5) is 15.4. The Morgan fingerprint density at radius 2 is 1.18 bits per heavy atom. The van der Waals surface area contributed by atoms with Crippen molar-refractivity contribution in [3.05, 3.63) is 47.6 Å². The van der Waals surface area contributed by atoms with Crippen molar-refractivity contribution >= 4 is 5.97 Å². The second kappa shape index (κ2) is 42.7. The predicted octanol–water partition coefficient (Wildman–Crippen LogP) is 5.14. The van der Waals surface area contributed by atoms with E-state index < -0.39 is 170 Å². The first-order valence-electron chi connectivity index (χ1n) is 35.4. The molecule has 2 fully saturated rings. The van der Waals surface area contributed by atoms with Crippen molar-refractivity contribution in [3.8, 4) is 0 Å². The van der Waals surface area contributed by atoms with Gasteiger partial charge in [-0.05, 0) is 167 Å². The Kier molecular flexibility index (Phi) is 39.0. The van der Waals surface area contributed by atoms with E-state index in [1.165, 1.54) is 12.2 Å². The zero-order chi connectivity index (χ0) is 70.9. The van der Waals surface area contributed by atoms with Crippen LogP contribution < -0.4 is 0 Å². The summed E-state index contributed by atoms with van der Waals surface area (Å²) in [6.07, 6.45) is -4.09. The van der Waals surface area contributed by atoms with Gasteiger partial charge in [0.05, 0.1) is 116 Å². The number of carbonyl (C=O) groups is 1. The van der Waals surface area contributed by atoms with E-state index in [0.717, 1.165) is 12.8 Å². The molecule has 16 N–H and O–H groups in total. The topological polar surface area (TPSA) is 381 Å². The van der Waals surface area contributed by atoms with Crippen molar-refractivity contribution in [2.45, 2.75) is 345 Å². The third kappa shape index (κ3) is 29.4. The van der Waals surface area contributed by atoms with E-state index >= 15 is 0 Å². The smallest absolute Gasteiger partial charge is 0.311 e. The van der Waals surface area contributed by atoms with Crippen molar-refractivity contribution < 1.29 is 105 Å². The Balaban J connectivity index is 1.84. The lowest BCUT2D eigenvalue weighted by Crippen LogP contribution is -2.64. The van der Waals surface area contributed by atoms with Gasteiger partial charge < -0.3 is 106 Å². The number of carbonyl (C=O) groups excluding carboxylic acids is 1. The number of nitrogens with zero attached hydrogens (tertiary/aromatic N) is 1. The number of fused-ring (bicyclic) bond motifs is 2. The third-order valence-corrected chi connectivity index (χ3v) is 20.5. The molecule has 0 spiro atoms. The van der Waals surface area contributed by atoms with Gasteiger partial charge in [0.15, 0.2) is 12.1 Å². The van der Waals surface area contributed by atoms with Crippen LogP contribution in [0.3, 0.4) is 0 Å². The second-order valence-corrected chi connectivity index (χ2v) is 29.5. The van der Waals surface area contributed by atoms with E-state index in [-0.39, 0.29) is 76.0 Å². The minimum atomic E-state index is -2.25. The van der Waals surface area contributed by atoms with Crippen LogP contribution in [0, 0.1) is 41.4 Å². The maximum absolute atomic E-state index is 13.7. The summed E-state index contributed by atoms with van der Waals surface area (Å²) in [5.74, 6) is -6.04. The summed E-state index contributed by atoms with van der Waals surface area (Å²) >= 11 is 0. The largest absolute Gasteiger partial charge is 0.458 e. The van der Waals surface area contributed by atoms with Gasteiger partial charge in [0.1, 0.15) is 12.2 Å². The van der Waals surface area contributed by atoms with Crippen LogP contribution in [0.4, 0.5) is 0 Å². The van der Waals surface area contributed by atoms with Gasteiger partial charge in [0.2, 0.25) is 0 Å². The Morgan fingerprint density at radius 3 is 1.78 bits per heavy atom. The first-order chi connectivity index (χ1) is 44.0. The summed E-state index contributed by atoms with van der Waals surface area (Å²) < 4.78 is 24.5. The number of aliphatic hydroxyl groups is 16. The lowest BCUT2D eigenvalue weighted by Gasteiger charge is -2.50. The van der Waals surface area contributed by atoms with Crippen molar-refractivity contribution in [1.82, 2.24) is 4.90 Å². The molecule has 0 radical (unpaired) electrons. The van der Waals surface area contributed by atoms with Gasteiger partial charge in [-0.1, -0.05) is 91.7 Å². The lowest BCUT2D eigenvalue weighted by molar-refractivity contribution is -0.351. The molecule has 3 aliphatic rings. The molecule has 0 aromatic rings. The number of allylic oxidation sites excluding steroid dienone is 2. The molecule has 22 nitrogen and oxygen atoms in total. The van der Waals surface area contributed by atoms with Crippen LogP contribution in [0.1, 0.15) is 211 Å². The minimum Gasteiger partial charge on any atom is -0.458 e. The molecule has 2 saturated heterocycles. The standard InChI is InChI=1S/C72H131NO21/c1-41(2)20-16-22-51-34-44(5)63(85)37-54(76)25-18-28-58(80)46(7)57(79)26-15-14-21-43(4)68(87)48(9)64-39-65(93-71-70(89)67(73(12)13)69(88)50(11)92-71)49(10)72(90,94-64)40-66(86)91-45(6)31-32-55(77)35-52(74)23-17-27-59(81)47(8)60(82)33-30-42(3)62(84)38-56(78)36-53(75)24-19-29-61(51)83/h14-15,21,31-32,34,41-42,45-65,67-71,74-85,87-90H,16-20,22-30,33,35-40H2,1-13H3/b15-14-,32-31-,43-21-,44-34-/t42-,45+,46+,47+,48-,49-,50-,51+,52+,53-,54+,55-,56+,57+,58+,59+,60+,61-,62-,63+,64+,65+,67+,68-,69-,70-,71+,72-/m1/s1. The van der Waals surface area contributed by atoms with Crippen LogP contribution in [0.15, 0.2) is 47.6 Å². The van der Waals surface area contributed by atoms with Crippen molar-refractivity contribution in [3.63, 3.8) is 0 Å². The molecule has 3 rings (SSSR count). The highest BCUT2D eigenvalue weighted by Crippen LogP contribution is 2.42. The Hall–Kier alpha value is -2.37. The van der Waals surface area contributed by atoms with Gasteiger partial charge in [-0.3, -0.25) is 4.79 Å². The molecule has 0 amide bonds. The number of hydrogen-bond donors (Lipinski definition) is 16. The van der Waals surface area contributed by atoms with Crippen molar-refractivity contribution in [2.24, 2.45) is 41.4 Å². The summed E-state index contributed by atoms with van der Waals surface area (Å²) in [6, 6.07) is -0.776. The van der Waals surface area contributed by atoms with E-state index in [2.05, 4.69) is 13.8 Å². The molecule has 3 heterocycles. The summed E-state index contributed by atoms with van der Waals surface area (Å²) in [7, 11) is 3.41. The van der Waals surface area contributed by atoms with Crippen LogP contribution in [0.5, 0.6) is 0 Å². The van der Waals surface area contributed by atoms with Crippen LogP contribution in [0.2, 0.25) is 0 Å². The van der Waals surface area contributed by atoms with Gasteiger partial charge >= 0.3 is 5.97 Å². The Morgan fingerprint density at radius 1 is 0.617 bits per heavy atom. The van der Waals surface area contributed by atoms with Gasteiger partial charge in [0, 0.05) is 48.9 Å². The van der Waals surface area contributed by atoms with Crippen molar-refractivity contribution in [1.29, 1.82) is 0 Å². The van der Waals surface area contributed by atoms with Crippen LogP contribution in [-0.2, 0) is 23.7 Å². The molecular weight excluding hydrogens is 1210 g/mol. The van der Waals surface area contributed by atoms with Crippen molar-refractivity contribution in [2.75, 3.05) is 14.1 Å². The van der Waals surface area contributed by atoms with E-state index in [1.54, 1.807) is 92.6 Å². The first kappa shape index (κ1) is 85.9. The Labute approximate surface area is 562 Å². The molecular formula is C72H131NO21. The zero-order valence-corrected chi connectivity index (χ0v) is 59.1. The SMILES string of the molecule is C/C1=C/C=C\C[C@H](O)[C@H](C)[C@@H](O)CCC[C@H](O)C[C@H](O)/C(C)=C\[C@H](CCCC(C)C)[C@H](O)CCC[C@@H](O)C[C@H](O)C[C@@H](O)[C@H](C)CC[C@H](O)[C@@H](C)[C@@H](O)CCC[C@H](O)C[C@H](O)/C=C\[C@H](C)OC(=O)C[C@@]2(O)O[C@@H](C[C@H](O[C@@H]3O[C@H](C)[C@@H](O)[C@H](N(C)C)[C@H]3O)[C@H]2C)[C@@H](C)[C@@H]1O. The maximum atomic E-state index is 13.7. The molecule has 550 valence electrons. The molecule has 22 heteroatoms. The van der Waals surface area contributed by atoms with Gasteiger partial charge in [-0.15, -0.1) is 0 Å². The molecule has 3 aliphatic heterocycles. The molecule has 0 aromatic carbocycles. The summed E-state index contributed by atoms with van der Waals surface area (Å²) in [5.41, 5.74) is 1.12. The number of rotatable bonds is 7. The molecule has 94 heavy (non-hydrogen) atoms. The summed E-state index contributed by atoms with van der Waals surface area (Å²) in [5, 5.41) is 179. The van der Waals surface area contributed by atoms with E-state index in [0.29, 0.717) is 68.4 Å². The van der Waals surface area contributed by atoms with Crippen LogP contribution >= 0.6 is 0 Å². The highest BCUT2D eigenvalue weighted by Gasteiger charge is 2.53. The van der Waals surface area contributed by atoms with Gasteiger partial charge in [0.25, 0.3) is 0 Å². The fraction of sp³-hybridized carbons (Fsp3) is 0.875. The number of likely N-dealkylation sites (N-methyl/N-ethyl adjacent to an activating group) is 1. The molecule has 0 saturated carbocycles. The van der Waals surface area contributed by atoms with Crippen LogP contribution in [-0.4, -0.2) is 241 Å². The van der Waals surface area contributed by atoms with Gasteiger partial charge in [-0.25, -0.2) is 0 Å². The average molecular weight is 1350 g/mol. The molecule has 28 atom stereocenters. The fourth-order valence-corrected chi connectivity index (χ4v) is 13.4. The highest BCUT2D eigenvalue weighted by molar-refractivity contribution is 5.71. The lowest BCUT2D eigenvalue weighted by atomic mass is 9.80. The molecule has 0 aliphatic carbocycles. The number of cyclic esters (lactones) is 1. The monoisotopic (exact) mass is 1350 g/mol. The zero-order valence-electron chi connectivity index (χ0n) is 59.1. The predicted molar refractivity (Wildman–Crippen MR) is 359 cm³/mol. The number of esters is 1. The number of aliphatic hydroxyl groups excluding tert-OH is 15. The minimum absolute atomic E-state index is 0.0115. The molecule has 2 bridgehead atoms. The molecule has 0 aromatic heterocycles. The number of ether oxygens (including phenoxy) is 4. The van der Waals surface area contributed by atoms with E-state index in [9.17, 15) is 86.5 Å². The Bertz CT molecular complexity index is 2220. The normalized spacial score (nSPS) is 44.3. The second-order valence-electron chi connectivity index (χ2n) is 29.5. The average Bonchev–Trinajstić information content (AvgIpc) is 0.863. The maximum Gasteiger partial charge on any atom is 0.311 e. The van der Waals surface area contributed by atoms with Crippen LogP contribution in [0.25, 0.3) is 0 Å². The first-order valence-corrected chi connectivity index (χ1v) is 35.4. The van der Waals surface area contributed by atoms with E-state index in [1.807, 2.05) is 13.0 Å². The molecule has 0 unspecified atom stereocenters. The van der Waals surface area contributed by atoms with Gasteiger partial charge in [-0.2, -0.15) is 0 Å².